The van der Waals surface area contributed by atoms with Crippen LogP contribution in [0.15, 0.2) is 0 Å². The Morgan fingerprint density at radius 1 is 1.65 bits per heavy atom. The van der Waals surface area contributed by atoms with Crippen LogP contribution in [0.1, 0.15) is 34.6 Å². The van der Waals surface area contributed by atoms with Crippen LogP contribution in [0.4, 0.5) is 0 Å². The fourth-order valence-corrected chi connectivity index (χ4v) is 2.56. The topological polar surface area (TPSA) is 55.3 Å². The van der Waals surface area contributed by atoms with Gasteiger partial charge in [0.05, 0.1) is 11.8 Å². The number of carbonyl (C=O) groups is 1. The third kappa shape index (κ3) is 3.01. The van der Waals surface area contributed by atoms with E-state index in [4.69, 9.17) is 4.74 Å². The smallest absolute Gasteiger partial charge is 0.267 e. The molecule has 0 radical (unpaired) electrons. The summed E-state index contributed by atoms with van der Waals surface area (Å²) in [4.78, 5) is 14.4. The molecule has 6 heteroatoms. The van der Waals surface area contributed by atoms with Crippen molar-refractivity contribution in [3.8, 4) is 0 Å². The Balaban J connectivity index is 1.85. The summed E-state index contributed by atoms with van der Waals surface area (Å²) >= 11 is 1.16. The van der Waals surface area contributed by atoms with Gasteiger partial charge in [0.1, 0.15) is 4.88 Å². The molecule has 1 aliphatic heterocycles. The Kier molecular flexibility index (Phi) is 4.06. The van der Waals surface area contributed by atoms with Gasteiger partial charge in [-0.3, -0.25) is 4.79 Å². The van der Waals surface area contributed by atoms with Crippen molar-refractivity contribution in [2.75, 3.05) is 20.2 Å². The number of hydrogen-bond acceptors (Lipinski definition) is 5. The highest BCUT2D eigenvalue weighted by Crippen LogP contribution is 2.17. The number of hydrogen-bond donors (Lipinski definition) is 0. The minimum Gasteiger partial charge on any atom is -0.378 e. The van der Waals surface area contributed by atoms with E-state index in [9.17, 15) is 4.79 Å². The highest BCUT2D eigenvalue weighted by Gasteiger charge is 2.20. The molecule has 1 aromatic rings. The van der Waals surface area contributed by atoms with E-state index in [0.29, 0.717) is 16.7 Å². The van der Waals surface area contributed by atoms with Crippen molar-refractivity contribution in [1.82, 2.24) is 14.5 Å². The lowest BCUT2D eigenvalue weighted by molar-refractivity contribution is 0.0718. The molecule has 0 spiro atoms. The molecule has 0 N–H and O–H groups in total. The van der Waals surface area contributed by atoms with Crippen LogP contribution in [-0.4, -0.2) is 46.7 Å². The molecule has 5 nitrogen and oxygen atoms in total. The van der Waals surface area contributed by atoms with Crippen molar-refractivity contribution < 1.29 is 9.53 Å². The van der Waals surface area contributed by atoms with Gasteiger partial charge in [-0.15, -0.1) is 5.10 Å². The molecule has 0 aromatic carbocycles. The second-order valence-corrected chi connectivity index (χ2v) is 5.09. The van der Waals surface area contributed by atoms with Crippen molar-refractivity contribution >= 4 is 17.4 Å². The van der Waals surface area contributed by atoms with Gasteiger partial charge >= 0.3 is 0 Å². The quantitative estimate of drug-likeness (QED) is 0.818. The van der Waals surface area contributed by atoms with Gasteiger partial charge in [0, 0.05) is 20.2 Å². The molecule has 2 heterocycles. The zero-order chi connectivity index (χ0) is 12.3. The van der Waals surface area contributed by atoms with Crippen LogP contribution >= 0.6 is 11.5 Å². The minimum atomic E-state index is 0.00972. The molecule has 17 heavy (non-hydrogen) atoms. The molecule has 1 atom stereocenters. The van der Waals surface area contributed by atoms with Crippen molar-refractivity contribution in [3.05, 3.63) is 10.6 Å². The Morgan fingerprint density at radius 2 is 2.47 bits per heavy atom. The van der Waals surface area contributed by atoms with Crippen molar-refractivity contribution in [2.24, 2.45) is 0 Å². The Hall–Kier alpha value is -1.01. The van der Waals surface area contributed by atoms with Gasteiger partial charge in [-0.1, -0.05) is 4.49 Å². The molecule has 94 valence electrons. The van der Waals surface area contributed by atoms with Gasteiger partial charge in [-0.25, -0.2) is 0 Å². The van der Waals surface area contributed by atoms with E-state index in [2.05, 4.69) is 9.59 Å². The van der Waals surface area contributed by atoms with Crippen LogP contribution in [0.2, 0.25) is 0 Å². The molecular weight excluding hydrogens is 238 g/mol. The zero-order valence-electron chi connectivity index (χ0n) is 10.2. The number of nitrogens with zero attached hydrogens (tertiary/aromatic N) is 3. The highest BCUT2D eigenvalue weighted by molar-refractivity contribution is 7.07. The van der Waals surface area contributed by atoms with Crippen LogP contribution in [0.3, 0.4) is 0 Å². The second-order valence-electron chi connectivity index (χ2n) is 4.34. The lowest BCUT2D eigenvalue weighted by atomic mass is 10.2. The van der Waals surface area contributed by atoms with E-state index in [1.165, 1.54) is 0 Å². The summed E-state index contributed by atoms with van der Waals surface area (Å²) in [5, 5.41) is 3.85. The predicted octanol–water partition coefficient (Wildman–Crippen LogP) is 1.49. The first kappa shape index (κ1) is 12.4. The molecule has 1 amide bonds. The molecule has 1 saturated heterocycles. The van der Waals surface area contributed by atoms with E-state index in [1.807, 2.05) is 14.0 Å². The van der Waals surface area contributed by atoms with Crippen molar-refractivity contribution in [1.29, 1.82) is 0 Å². The zero-order valence-corrected chi connectivity index (χ0v) is 11.0. The maximum Gasteiger partial charge on any atom is 0.267 e. The lowest BCUT2D eigenvalue weighted by Crippen LogP contribution is -2.29. The fourth-order valence-electron chi connectivity index (χ4n) is 1.91. The largest absolute Gasteiger partial charge is 0.378 e. The molecule has 1 aromatic heterocycles. The summed E-state index contributed by atoms with van der Waals surface area (Å²) in [5.74, 6) is 0.00972. The monoisotopic (exact) mass is 255 g/mol. The summed E-state index contributed by atoms with van der Waals surface area (Å²) in [6.07, 6.45) is 3.49. The van der Waals surface area contributed by atoms with E-state index < -0.39 is 0 Å². The third-order valence-corrected chi connectivity index (χ3v) is 3.82. The fraction of sp³-hybridized carbons (Fsp3) is 0.727. The summed E-state index contributed by atoms with van der Waals surface area (Å²) in [7, 11) is 1.82. The van der Waals surface area contributed by atoms with E-state index >= 15 is 0 Å². The van der Waals surface area contributed by atoms with Gasteiger partial charge < -0.3 is 9.64 Å². The van der Waals surface area contributed by atoms with Crippen LogP contribution < -0.4 is 0 Å². The molecule has 0 saturated carbocycles. The molecule has 0 aliphatic carbocycles. The first-order chi connectivity index (χ1) is 8.18. The summed E-state index contributed by atoms with van der Waals surface area (Å²) in [6, 6.07) is 0. The standard InChI is InChI=1S/C11H17N3O2S/c1-8-10(17-13-12-8)11(15)14(2)6-5-9-4-3-7-16-9/h9H,3-7H2,1-2H3/t9-/m1/s1. The lowest BCUT2D eigenvalue weighted by Gasteiger charge is -2.18. The van der Waals surface area contributed by atoms with E-state index in [0.717, 1.165) is 43.9 Å². The molecule has 1 aliphatic rings. The SMILES string of the molecule is Cc1nnsc1C(=O)N(C)CC[C@H]1CCCO1. The number of ether oxygens (including phenoxy) is 1. The first-order valence-corrected chi connectivity index (χ1v) is 6.62. The van der Waals surface area contributed by atoms with Gasteiger partial charge in [-0.2, -0.15) is 0 Å². The number of aryl methyl sites for hydroxylation is 1. The van der Waals surface area contributed by atoms with Gasteiger partial charge in [0.25, 0.3) is 5.91 Å². The number of carbonyl (C=O) groups excluding carboxylic acids is 1. The van der Waals surface area contributed by atoms with Gasteiger partial charge in [-0.05, 0) is 37.7 Å². The Morgan fingerprint density at radius 3 is 3.06 bits per heavy atom. The van der Waals surface area contributed by atoms with Crippen LogP contribution in [0.25, 0.3) is 0 Å². The normalized spacial score (nSPS) is 19.5. The molecule has 2 rings (SSSR count). The average molecular weight is 255 g/mol. The van der Waals surface area contributed by atoms with Crippen molar-refractivity contribution in [3.63, 3.8) is 0 Å². The predicted molar refractivity (Wildman–Crippen MR) is 65.2 cm³/mol. The Bertz CT molecular complexity index is 388. The molecule has 0 bridgehead atoms. The summed E-state index contributed by atoms with van der Waals surface area (Å²) in [6.45, 7) is 3.39. The molecule has 1 fully saturated rings. The van der Waals surface area contributed by atoms with Crippen molar-refractivity contribution in [2.45, 2.75) is 32.3 Å². The number of rotatable bonds is 4. The Labute approximate surface area is 105 Å². The maximum atomic E-state index is 12.0. The van der Waals surface area contributed by atoms with E-state index in [-0.39, 0.29) is 5.91 Å². The third-order valence-electron chi connectivity index (χ3n) is 3.00. The number of aromatic nitrogens is 2. The maximum absolute atomic E-state index is 12.0. The molecular formula is C11H17N3O2S. The van der Waals surface area contributed by atoms with Gasteiger partial charge in [0.2, 0.25) is 0 Å². The van der Waals surface area contributed by atoms with E-state index in [1.54, 1.807) is 4.90 Å². The first-order valence-electron chi connectivity index (χ1n) is 5.84. The highest BCUT2D eigenvalue weighted by atomic mass is 32.1. The summed E-state index contributed by atoms with van der Waals surface area (Å²) < 4.78 is 9.32. The average Bonchev–Trinajstić information content (AvgIpc) is 2.95. The van der Waals surface area contributed by atoms with Gasteiger partial charge in [0.15, 0.2) is 0 Å². The van der Waals surface area contributed by atoms with Crippen LogP contribution in [-0.2, 0) is 4.74 Å². The second kappa shape index (κ2) is 5.55. The molecule has 0 unspecified atom stereocenters. The van der Waals surface area contributed by atoms with Crippen LogP contribution in [0.5, 0.6) is 0 Å². The van der Waals surface area contributed by atoms with Crippen LogP contribution in [0, 0.1) is 6.92 Å². The minimum absolute atomic E-state index is 0.00972. The summed E-state index contributed by atoms with van der Waals surface area (Å²) in [5.41, 5.74) is 0.712. The number of amides is 1.